The Kier molecular flexibility index (Phi) is 7.96. The van der Waals surface area contributed by atoms with E-state index in [2.05, 4.69) is 6.92 Å². The van der Waals surface area contributed by atoms with Gasteiger partial charge >= 0.3 is 5.97 Å². The second-order valence-electron chi connectivity index (χ2n) is 5.19. The number of rotatable bonds is 8. The van der Waals surface area contributed by atoms with E-state index in [0.717, 1.165) is 30.2 Å². The number of unbranched alkanes of at least 4 members (excludes halogenated alkanes) is 1. The number of carbonyl (C=O) groups excluding carboxylic acids is 2. The normalized spacial score (nSPS) is 13.8. The Morgan fingerprint density at radius 1 is 1.23 bits per heavy atom. The molecule has 1 aromatic rings. The maximum Gasteiger partial charge on any atom is 0.326 e. The second kappa shape index (κ2) is 9.46. The molecule has 0 spiro atoms. The Bertz CT molecular complexity index is 510. The van der Waals surface area contributed by atoms with E-state index in [0.29, 0.717) is 6.42 Å². The van der Waals surface area contributed by atoms with Gasteiger partial charge in [-0.2, -0.15) is 0 Å². The standard InChI is InChI=1S/C18H24O3S/c1-4-6-10-13-18(3,22-16(19)5-2)17(20)21-14-15-11-8-7-9-12-15/h7-13H,4-6,14H2,1-3H3/b13-10+/t18-/m0/s1. The molecule has 0 amide bonds. The highest BCUT2D eigenvalue weighted by Gasteiger charge is 2.35. The van der Waals surface area contributed by atoms with E-state index in [1.165, 1.54) is 0 Å². The summed E-state index contributed by atoms with van der Waals surface area (Å²) in [7, 11) is 0. The maximum absolute atomic E-state index is 12.4. The number of benzene rings is 1. The minimum atomic E-state index is -0.961. The predicted molar refractivity (Wildman–Crippen MR) is 91.6 cm³/mol. The van der Waals surface area contributed by atoms with Crippen molar-refractivity contribution in [2.24, 2.45) is 0 Å². The summed E-state index contributed by atoms with van der Waals surface area (Å²) in [5.41, 5.74) is 0.933. The summed E-state index contributed by atoms with van der Waals surface area (Å²) in [4.78, 5) is 24.2. The monoisotopic (exact) mass is 320 g/mol. The van der Waals surface area contributed by atoms with Crippen LogP contribution in [0.4, 0.5) is 0 Å². The van der Waals surface area contributed by atoms with Crippen LogP contribution in [0.5, 0.6) is 0 Å². The van der Waals surface area contributed by atoms with Gasteiger partial charge in [0.25, 0.3) is 0 Å². The van der Waals surface area contributed by atoms with Gasteiger partial charge in [-0.3, -0.25) is 9.59 Å². The average molecular weight is 320 g/mol. The molecule has 120 valence electrons. The topological polar surface area (TPSA) is 43.4 Å². The van der Waals surface area contributed by atoms with Crippen LogP contribution in [0.15, 0.2) is 42.5 Å². The van der Waals surface area contributed by atoms with Crippen LogP contribution < -0.4 is 0 Å². The van der Waals surface area contributed by atoms with Gasteiger partial charge in [-0.1, -0.05) is 74.5 Å². The van der Waals surface area contributed by atoms with Crippen LogP contribution in [0.3, 0.4) is 0 Å². The summed E-state index contributed by atoms with van der Waals surface area (Å²) in [6.07, 6.45) is 6.01. The Labute approximate surface area is 137 Å². The number of hydrogen-bond donors (Lipinski definition) is 0. The third kappa shape index (κ3) is 6.06. The first-order chi connectivity index (χ1) is 10.5. The molecule has 0 radical (unpaired) electrons. The minimum absolute atomic E-state index is 0.0136. The summed E-state index contributed by atoms with van der Waals surface area (Å²) < 4.78 is 4.44. The van der Waals surface area contributed by atoms with Crippen LogP contribution in [0.1, 0.15) is 45.6 Å². The summed E-state index contributed by atoms with van der Waals surface area (Å²) in [5.74, 6) is -0.379. The van der Waals surface area contributed by atoms with Crippen molar-refractivity contribution >= 4 is 22.8 Å². The quantitative estimate of drug-likeness (QED) is 0.522. The molecular formula is C18H24O3S. The lowest BCUT2D eigenvalue weighted by atomic mass is 10.1. The summed E-state index contributed by atoms with van der Waals surface area (Å²) in [6, 6.07) is 9.53. The van der Waals surface area contributed by atoms with Crippen LogP contribution >= 0.6 is 11.8 Å². The van der Waals surface area contributed by atoms with Crippen LogP contribution in [0, 0.1) is 0 Å². The third-order valence-electron chi connectivity index (χ3n) is 3.12. The van der Waals surface area contributed by atoms with E-state index in [9.17, 15) is 9.59 Å². The molecule has 1 atom stereocenters. The Balaban J connectivity index is 2.75. The highest BCUT2D eigenvalue weighted by Crippen LogP contribution is 2.30. The molecule has 0 unspecified atom stereocenters. The van der Waals surface area contributed by atoms with E-state index in [-0.39, 0.29) is 17.7 Å². The lowest BCUT2D eigenvalue weighted by Crippen LogP contribution is -2.32. The Morgan fingerprint density at radius 3 is 2.50 bits per heavy atom. The van der Waals surface area contributed by atoms with Crippen LogP contribution in [-0.2, 0) is 20.9 Å². The van der Waals surface area contributed by atoms with Gasteiger partial charge < -0.3 is 4.74 Å². The van der Waals surface area contributed by atoms with Crippen LogP contribution in [0.2, 0.25) is 0 Å². The van der Waals surface area contributed by atoms with Crippen molar-refractivity contribution < 1.29 is 14.3 Å². The van der Waals surface area contributed by atoms with Crippen LogP contribution in [0.25, 0.3) is 0 Å². The number of thioether (sulfide) groups is 1. The molecule has 1 aromatic carbocycles. The van der Waals surface area contributed by atoms with Crippen molar-refractivity contribution in [1.82, 2.24) is 0 Å². The van der Waals surface area contributed by atoms with Gasteiger partial charge in [-0.15, -0.1) is 0 Å². The van der Waals surface area contributed by atoms with Gasteiger partial charge in [-0.05, 0) is 18.9 Å². The average Bonchev–Trinajstić information content (AvgIpc) is 2.53. The van der Waals surface area contributed by atoms with Crippen molar-refractivity contribution in [3.63, 3.8) is 0 Å². The molecule has 0 saturated heterocycles. The minimum Gasteiger partial charge on any atom is -0.460 e. The van der Waals surface area contributed by atoms with Crippen molar-refractivity contribution in [2.75, 3.05) is 0 Å². The highest BCUT2D eigenvalue weighted by molar-refractivity contribution is 8.15. The number of allylic oxidation sites excluding steroid dienone is 1. The predicted octanol–water partition coefficient (Wildman–Crippen LogP) is 4.51. The summed E-state index contributed by atoms with van der Waals surface area (Å²) >= 11 is 1.04. The third-order valence-corrected chi connectivity index (χ3v) is 4.37. The van der Waals surface area contributed by atoms with Gasteiger partial charge in [-0.25, -0.2) is 0 Å². The van der Waals surface area contributed by atoms with Crippen molar-refractivity contribution in [3.05, 3.63) is 48.0 Å². The molecule has 0 aliphatic carbocycles. The second-order valence-corrected chi connectivity index (χ2v) is 6.69. The number of carbonyl (C=O) groups is 2. The van der Waals surface area contributed by atoms with E-state index in [4.69, 9.17) is 4.74 Å². The Hall–Kier alpha value is -1.55. The van der Waals surface area contributed by atoms with Crippen molar-refractivity contribution in [3.8, 4) is 0 Å². The van der Waals surface area contributed by atoms with Gasteiger partial charge in [0.1, 0.15) is 11.4 Å². The molecule has 22 heavy (non-hydrogen) atoms. The van der Waals surface area contributed by atoms with Crippen molar-refractivity contribution in [2.45, 2.75) is 51.4 Å². The lowest BCUT2D eigenvalue weighted by Gasteiger charge is -2.22. The molecular weight excluding hydrogens is 296 g/mol. The van der Waals surface area contributed by atoms with E-state index < -0.39 is 4.75 Å². The van der Waals surface area contributed by atoms with Gasteiger partial charge in [0, 0.05) is 6.42 Å². The zero-order valence-electron chi connectivity index (χ0n) is 13.5. The van der Waals surface area contributed by atoms with E-state index in [1.807, 2.05) is 36.4 Å². The molecule has 0 aliphatic rings. The van der Waals surface area contributed by atoms with Crippen molar-refractivity contribution in [1.29, 1.82) is 0 Å². The highest BCUT2D eigenvalue weighted by atomic mass is 32.2. The maximum atomic E-state index is 12.4. The molecule has 0 bridgehead atoms. The van der Waals surface area contributed by atoms with Crippen LogP contribution in [-0.4, -0.2) is 15.8 Å². The molecule has 0 heterocycles. The first-order valence-corrected chi connectivity index (χ1v) is 8.44. The molecule has 0 N–H and O–H groups in total. The zero-order valence-corrected chi connectivity index (χ0v) is 14.3. The smallest absolute Gasteiger partial charge is 0.326 e. The lowest BCUT2D eigenvalue weighted by molar-refractivity contribution is -0.146. The van der Waals surface area contributed by atoms with E-state index in [1.54, 1.807) is 19.9 Å². The van der Waals surface area contributed by atoms with Gasteiger partial charge in [0.05, 0.1) is 0 Å². The van der Waals surface area contributed by atoms with Gasteiger partial charge in [0.2, 0.25) is 0 Å². The molecule has 0 aromatic heterocycles. The zero-order chi connectivity index (χ0) is 16.4. The molecule has 0 saturated carbocycles. The fourth-order valence-corrected chi connectivity index (χ4v) is 2.72. The number of hydrogen-bond acceptors (Lipinski definition) is 4. The first-order valence-electron chi connectivity index (χ1n) is 7.62. The summed E-state index contributed by atoms with van der Waals surface area (Å²) in [5, 5.41) is -0.0136. The fraction of sp³-hybridized carbons (Fsp3) is 0.444. The molecule has 1 rings (SSSR count). The molecule has 0 fully saturated rings. The first kappa shape index (κ1) is 18.5. The number of ether oxygens (including phenoxy) is 1. The largest absolute Gasteiger partial charge is 0.460 e. The molecule has 0 aliphatic heterocycles. The van der Waals surface area contributed by atoms with Gasteiger partial charge in [0.15, 0.2) is 5.12 Å². The Morgan fingerprint density at radius 2 is 1.91 bits per heavy atom. The van der Waals surface area contributed by atoms with E-state index >= 15 is 0 Å². The fourth-order valence-electron chi connectivity index (χ4n) is 1.79. The summed E-state index contributed by atoms with van der Waals surface area (Å²) in [6.45, 7) is 5.82. The SMILES string of the molecule is CCC/C=C/[C@](C)(SC(=O)CC)C(=O)OCc1ccccc1. The number of esters is 1. The molecule has 4 heteroatoms. The molecule has 3 nitrogen and oxygen atoms in total.